The van der Waals surface area contributed by atoms with Gasteiger partial charge in [0, 0.05) is 63.2 Å². The molecule has 2 heterocycles. The maximum Gasteiger partial charge on any atom is 0.303 e. The summed E-state index contributed by atoms with van der Waals surface area (Å²) in [6, 6.07) is 12.3. The summed E-state index contributed by atoms with van der Waals surface area (Å²) in [4.78, 5) is 30.3. The number of carbonyl (C=O) groups is 2. The number of amides is 2. The number of fused-ring (bicyclic) bond motifs is 7. The first-order valence-corrected chi connectivity index (χ1v) is 17.0. The lowest BCUT2D eigenvalue weighted by Gasteiger charge is -2.37. The van der Waals surface area contributed by atoms with Crippen molar-refractivity contribution in [1.82, 2.24) is 13.9 Å². The molecule has 1 N–H and O–H groups in total. The van der Waals surface area contributed by atoms with Gasteiger partial charge in [-0.3, -0.25) is 9.59 Å². The van der Waals surface area contributed by atoms with Crippen LogP contribution in [-0.2, 0) is 15.0 Å². The molecule has 2 saturated carbocycles. The van der Waals surface area contributed by atoms with Crippen molar-refractivity contribution in [2.75, 3.05) is 45.7 Å². The van der Waals surface area contributed by atoms with Gasteiger partial charge >= 0.3 is 10.2 Å². The van der Waals surface area contributed by atoms with Gasteiger partial charge in [-0.1, -0.05) is 31.4 Å². The normalized spacial score (nSPS) is 26.1. The maximum absolute atomic E-state index is 13.2. The van der Waals surface area contributed by atoms with Gasteiger partial charge in [0.25, 0.3) is 5.91 Å². The third-order valence-electron chi connectivity index (χ3n) is 10.5. The van der Waals surface area contributed by atoms with Gasteiger partial charge in [0.15, 0.2) is 0 Å². The highest BCUT2D eigenvalue weighted by atomic mass is 32.2. The summed E-state index contributed by atoms with van der Waals surface area (Å²) in [6.45, 7) is 5.77. The summed E-state index contributed by atoms with van der Waals surface area (Å²) in [5.74, 6) is 1.37. The predicted octanol–water partition coefficient (Wildman–Crippen LogP) is 4.81. The molecule has 0 bridgehead atoms. The Morgan fingerprint density at radius 2 is 1.77 bits per heavy atom. The minimum absolute atomic E-state index is 0.0807. The molecule has 4 aliphatic rings. The summed E-state index contributed by atoms with van der Waals surface area (Å²) in [5, 5.41) is 0. The van der Waals surface area contributed by atoms with Crippen LogP contribution in [0.1, 0.15) is 97.3 Å². The van der Waals surface area contributed by atoms with Gasteiger partial charge in [0.1, 0.15) is 5.75 Å². The number of benzene rings is 2. The summed E-state index contributed by atoms with van der Waals surface area (Å²) >= 11 is 0. The van der Waals surface area contributed by atoms with E-state index in [4.69, 9.17) is 4.74 Å². The van der Waals surface area contributed by atoms with Crippen LogP contribution in [0.5, 0.6) is 5.75 Å². The van der Waals surface area contributed by atoms with E-state index in [2.05, 4.69) is 33.9 Å². The van der Waals surface area contributed by atoms with Crippen LogP contribution in [-0.4, -0.2) is 70.3 Å². The highest BCUT2D eigenvalue weighted by Crippen LogP contribution is 2.68. The minimum Gasteiger partial charge on any atom is -0.497 e. The first kappa shape index (κ1) is 29.9. The number of hydrogen-bond donors (Lipinski definition) is 1. The summed E-state index contributed by atoms with van der Waals surface area (Å²) < 4.78 is 33.9. The van der Waals surface area contributed by atoms with Crippen molar-refractivity contribution >= 4 is 27.7 Å². The molecule has 2 aliphatic carbocycles. The van der Waals surface area contributed by atoms with E-state index in [9.17, 15) is 18.0 Å². The fourth-order valence-corrected chi connectivity index (χ4v) is 8.68. The molecule has 2 aromatic carbocycles. The number of nitrogens with one attached hydrogen (secondary N) is 1. The van der Waals surface area contributed by atoms with Gasteiger partial charge in [0.05, 0.1) is 13.2 Å². The average molecular weight is 609 g/mol. The Morgan fingerprint density at radius 1 is 1.05 bits per heavy atom. The lowest BCUT2D eigenvalue weighted by atomic mass is 9.72. The number of carbonyl (C=O) groups excluding carboxylic acids is 2. The van der Waals surface area contributed by atoms with Gasteiger partial charge in [0.2, 0.25) is 5.91 Å². The van der Waals surface area contributed by atoms with E-state index in [0.29, 0.717) is 30.5 Å². The minimum atomic E-state index is -3.93. The Kier molecular flexibility index (Phi) is 7.74. The van der Waals surface area contributed by atoms with Crippen molar-refractivity contribution in [3.63, 3.8) is 0 Å². The molecule has 232 valence electrons. The Morgan fingerprint density at radius 3 is 2.42 bits per heavy atom. The Labute approximate surface area is 255 Å². The molecule has 4 atom stereocenters. The number of anilines is 1. The number of rotatable bonds is 8. The number of methoxy groups -OCH3 is 1. The topological polar surface area (TPSA) is 99.3 Å². The van der Waals surface area contributed by atoms with Crippen LogP contribution in [0.3, 0.4) is 0 Å². The van der Waals surface area contributed by atoms with Crippen molar-refractivity contribution in [2.24, 2.45) is 11.3 Å². The largest absolute Gasteiger partial charge is 0.497 e. The van der Waals surface area contributed by atoms with Crippen LogP contribution in [0.4, 0.5) is 5.69 Å². The van der Waals surface area contributed by atoms with E-state index in [1.54, 1.807) is 20.1 Å². The molecule has 9 nitrogen and oxygen atoms in total. The monoisotopic (exact) mass is 608 g/mol. The molecule has 0 aromatic heterocycles. The molecule has 10 heteroatoms. The van der Waals surface area contributed by atoms with Crippen molar-refractivity contribution < 1.29 is 22.7 Å². The number of nitrogens with zero attached hydrogens (tertiary/aromatic N) is 3. The summed E-state index contributed by atoms with van der Waals surface area (Å²) in [5.41, 5.74) is 5.07. The SMILES string of the molecule is CCN(CC12CC1c1cc(OC)ccc1C1C(C3CCCCC3)c3ccc(C(=O)NS(=O)(=O)N(C)C)cc3N1C2)C(C)=O. The van der Waals surface area contributed by atoms with Gasteiger partial charge in [-0.25, -0.2) is 4.72 Å². The quantitative estimate of drug-likeness (QED) is 0.462. The van der Waals surface area contributed by atoms with E-state index in [1.807, 2.05) is 17.9 Å². The highest BCUT2D eigenvalue weighted by molar-refractivity contribution is 7.87. The lowest BCUT2D eigenvalue weighted by molar-refractivity contribution is -0.129. The van der Waals surface area contributed by atoms with Crippen molar-refractivity contribution in [1.29, 1.82) is 0 Å². The zero-order valence-corrected chi connectivity index (χ0v) is 26.7. The molecular weight excluding hydrogens is 564 g/mol. The van der Waals surface area contributed by atoms with E-state index in [1.165, 1.54) is 62.9 Å². The van der Waals surface area contributed by atoms with Crippen molar-refractivity contribution in [3.8, 4) is 5.75 Å². The van der Waals surface area contributed by atoms with E-state index in [0.717, 1.165) is 28.7 Å². The number of ether oxygens (including phenoxy) is 1. The zero-order chi connectivity index (χ0) is 30.7. The second kappa shape index (κ2) is 11.1. The van der Waals surface area contributed by atoms with Gasteiger partial charge in [-0.05, 0) is 79.0 Å². The van der Waals surface area contributed by atoms with Crippen LogP contribution >= 0.6 is 0 Å². The molecule has 0 radical (unpaired) electrons. The van der Waals surface area contributed by atoms with Crippen LogP contribution in [0, 0.1) is 11.3 Å². The average Bonchev–Trinajstić information content (AvgIpc) is 3.63. The Bertz CT molecular complexity index is 1540. The molecular formula is C33H44N4O5S. The third kappa shape index (κ3) is 5.20. The molecule has 6 rings (SSSR count). The predicted molar refractivity (Wildman–Crippen MR) is 167 cm³/mol. The molecule has 2 aliphatic heterocycles. The van der Waals surface area contributed by atoms with E-state index in [-0.39, 0.29) is 23.3 Å². The first-order chi connectivity index (χ1) is 20.5. The molecule has 2 amide bonds. The van der Waals surface area contributed by atoms with Crippen molar-refractivity contribution in [3.05, 3.63) is 58.7 Å². The lowest BCUT2D eigenvalue weighted by Crippen LogP contribution is -2.41. The molecule has 2 fully saturated rings. The molecule has 4 unspecified atom stereocenters. The summed E-state index contributed by atoms with van der Waals surface area (Å²) in [6.07, 6.45) is 7.03. The Balaban J connectivity index is 1.49. The van der Waals surface area contributed by atoms with Crippen LogP contribution < -0.4 is 14.4 Å². The highest BCUT2D eigenvalue weighted by Gasteiger charge is 2.61. The molecule has 0 spiro atoms. The second-order valence-electron chi connectivity index (χ2n) is 13.1. The van der Waals surface area contributed by atoms with Crippen molar-refractivity contribution in [2.45, 2.75) is 70.3 Å². The van der Waals surface area contributed by atoms with Crippen LogP contribution in [0.25, 0.3) is 0 Å². The summed E-state index contributed by atoms with van der Waals surface area (Å²) in [7, 11) is 0.571. The van der Waals surface area contributed by atoms with Gasteiger partial charge < -0.3 is 14.5 Å². The molecule has 43 heavy (non-hydrogen) atoms. The van der Waals surface area contributed by atoms with Crippen LogP contribution in [0.2, 0.25) is 0 Å². The maximum atomic E-state index is 13.2. The fourth-order valence-electron chi connectivity index (χ4n) is 8.15. The zero-order valence-electron chi connectivity index (χ0n) is 25.9. The van der Waals surface area contributed by atoms with Gasteiger partial charge in [-0.15, -0.1) is 0 Å². The molecule has 2 aromatic rings. The third-order valence-corrected chi connectivity index (χ3v) is 11.9. The van der Waals surface area contributed by atoms with Crippen LogP contribution in [0.15, 0.2) is 36.4 Å². The smallest absolute Gasteiger partial charge is 0.303 e. The number of hydrogen-bond acceptors (Lipinski definition) is 6. The second-order valence-corrected chi connectivity index (χ2v) is 15.0. The molecule has 0 saturated heterocycles. The van der Waals surface area contributed by atoms with E-state index >= 15 is 0 Å². The standard InChI is InChI=1S/C33H44N4O5S/c1-6-36(21(2)38)19-33-18-28(33)27-17-24(42-5)13-15-25(27)31-30(22-10-8-7-9-11-22)26-14-12-23(16-29(26)37(31)20-33)32(39)34-43(40,41)35(3)4/h12-17,22,28,30-31H,6-11,18-20H2,1-5H3,(H,34,39). The first-order valence-electron chi connectivity index (χ1n) is 15.6. The Hall–Kier alpha value is -3.11. The fraction of sp³-hybridized carbons (Fsp3) is 0.576. The van der Waals surface area contributed by atoms with E-state index < -0.39 is 16.1 Å². The van der Waals surface area contributed by atoms with Gasteiger partial charge in [-0.2, -0.15) is 12.7 Å².